The van der Waals surface area contributed by atoms with Gasteiger partial charge in [-0.15, -0.1) is 0 Å². The van der Waals surface area contributed by atoms with E-state index in [9.17, 15) is 9.90 Å². The zero-order valence-electron chi connectivity index (χ0n) is 9.14. The van der Waals surface area contributed by atoms with Crippen molar-refractivity contribution >= 4 is 28.6 Å². The fraction of sp³-hybridized carbons (Fsp3) is 0.417. The molecule has 0 bridgehead atoms. The first kappa shape index (κ1) is 12.8. The van der Waals surface area contributed by atoms with E-state index in [4.69, 9.17) is 9.47 Å². The van der Waals surface area contributed by atoms with Crippen molar-refractivity contribution in [3.63, 3.8) is 0 Å². The van der Waals surface area contributed by atoms with Gasteiger partial charge in [0.2, 0.25) is 3.61 Å². The Bertz CT molecular complexity index is 391. The van der Waals surface area contributed by atoms with Crippen LogP contribution in [0.3, 0.4) is 0 Å². The zero-order valence-corrected chi connectivity index (χ0v) is 11.3. The van der Waals surface area contributed by atoms with Crippen molar-refractivity contribution in [1.29, 1.82) is 0 Å². The number of rotatable bonds is 4. The number of benzene rings is 1. The molecule has 1 aromatic carbocycles. The molecule has 1 heterocycles. The molecule has 0 spiro atoms. The molecule has 1 fully saturated rings. The first-order valence-corrected chi connectivity index (χ1v) is 6.39. The number of ether oxygens (including phenoxy) is 2. The van der Waals surface area contributed by atoms with Gasteiger partial charge >= 0.3 is 5.97 Å². The number of cyclic esters (lactones) is 1. The summed E-state index contributed by atoms with van der Waals surface area (Å²) in [4.78, 5) is 11.2. The van der Waals surface area contributed by atoms with E-state index in [1.165, 1.54) is 0 Å². The summed E-state index contributed by atoms with van der Waals surface area (Å²) in [5.74, 6) is -0.884. The smallest absolute Gasteiger partial charge is 0.349 e. The predicted octanol–water partition coefficient (Wildman–Crippen LogP) is 1.50. The Hall–Kier alpha value is -0.660. The molecule has 1 aromatic rings. The molecule has 1 N–H and O–H groups in total. The fourth-order valence-corrected chi connectivity index (χ4v) is 2.12. The average molecular weight is 348 g/mol. The normalized spacial score (nSPS) is 28.1. The lowest BCUT2D eigenvalue weighted by molar-refractivity contribution is -0.146. The van der Waals surface area contributed by atoms with Gasteiger partial charge in [0.05, 0.1) is 19.1 Å². The van der Waals surface area contributed by atoms with E-state index < -0.39 is 9.58 Å². The number of hydrogen-bond donors (Lipinski definition) is 1. The van der Waals surface area contributed by atoms with Crippen molar-refractivity contribution < 1.29 is 19.4 Å². The third-order valence-corrected chi connectivity index (χ3v) is 3.99. The highest BCUT2D eigenvalue weighted by Crippen LogP contribution is 2.33. The molecule has 0 radical (unpaired) electrons. The maximum Gasteiger partial charge on any atom is 0.349 e. The summed E-state index contributed by atoms with van der Waals surface area (Å²) in [6.45, 7) is 0.991. The lowest BCUT2D eigenvalue weighted by atomic mass is 10.1. The largest absolute Gasteiger partial charge is 0.462 e. The highest BCUT2D eigenvalue weighted by molar-refractivity contribution is 14.1. The Morgan fingerprint density at radius 1 is 1.47 bits per heavy atom. The van der Waals surface area contributed by atoms with Crippen molar-refractivity contribution in [2.75, 3.05) is 13.2 Å². The number of alkyl halides is 1. The van der Waals surface area contributed by atoms with Crippen LogP contribution in [0.2, 0.25) is 0 Å². The monoisotopic (exact) mass is 348 g/mol. The van der Waals surface area contributed by atoms with Gasteiger partial charge < -0.3 is 14.6 Å². The third kappa shape index (κ3) is 2.97. The van der Waals surface area contributed by atoms with E-state index in [0.717, 1.165) is 5.56 Å². The number of carbonyl (C=O) groups is 1. The Kier molecular flexibility index (Phi) is 4.01. The van der Waals surface area contributed by atoms with Crippen LogP contribution in [0.15, 0.2) is 30.3 Å². The van der Waals surface area contributed by atoms with E-state index in [-0.39, 0.29) is 12.5 Å². The van der Waals surface area contributed by atoms with Crippen LogP contribution in [0.5, 0.6) is 0 Å². The second-order valence-corrected chi connectivity index (χ2v) is 5.61. The molecule has 2 atom stereocenters. The van der Waals surface area contributed by atoms with Gasteiger partial charge in [0.1, 0.15) is 6.61 Å². The summed E-state index contributed by atoms with van der Waals surface area (Å²) in [5.41, 5.74) is 1.06. The summed E-state index contributed by atoms with van der Waals surface area (Å²) in [5, 5.41) is 9.85. The second kappa shape index (κ2) is 5.32. The summed E-state index contributed by atoms with van der Waals surface area (Å²) >= 11 is 1.71. The van der Waals surface area contributed by atoms with Gasteiger partial charge in [-0.25, -0.2) is 4.79 Å². The molecule has 2 rings (SSSR count). The molecular weight excluding hydrogens is 335 g/mol. The van der Waals surface area contributed by atoms with Gasteiger partial charge in [-0.05, 0) is 28.2 Å². The minimum Gasteiger partial charge on any atom is -0.462 e. The Balaban J connectivity index is 1.82. The molecule has 0 aromatic heterocycles. The Morgan fingerprint density at radius 3 is 2.76 bits per heavy atom. The van der Waals surface area contributed by atoms with E-state index in [2.05, 4.69) is 0 Å². The topological polar surface area (TPSA) is 55.8 Å². The van der Waals surface area contributed by atoms with E-state index >= 15 is 0 Å². The van der Waals surface area contributed by atoms with Gasteiger partial charge in [-0.2, -0.15) is 0 Å². The molecule has 5 heteroatoms. The quantitative estimate of drug-likeness (QED) is 0.509. The van der Waals surface area contributed by atoms with Crippen molar-refractivity contribution in [3.8, 4) is 0 Å². The summed E-state index contributed by atoms with van der Waals surface area (Å²) in [6.07, 6.45) is 0. The van der Waals surface area contributed by atoms with Crippen LogP contribution >= 0.6 is 22.6 Å². The molecule has 17 heavy (non-hydrogen) atoms. The molecule has 0 saturated carbocycles. The minimum absolute atomic E-state index is 0.215. The summed E-state index contributed by atoms with van der Waals surface area (Å²) in [7, 11) is 0. The number of carbonyl (C=O) groups excluding carboxylic acids is 1. The second-order valence-electron chi connectivity index (χ2n) is 3.97. The van der Waals surface area contributed by atoms with Crippen LogP contribution in [-0.2, 0) is 20.9 Å². The first-order valence-electron chi connectivity index (χ1n) is 5.31. The molecule has 1 saturated heterocycles. The SMILES string of the molecule is O=C1OC[C@@H](COCc2ccccc2)[C@@]1(O)I. The molecule has 0 amide bonds. The lowest BCUT2D eigenvalue weighted by Crippen LogP contribution is -2.36. The van der Waals surface area contributed by atoms with Crippen LogP contribution in [0.4, 0.5) is 0 Å². The van der Waals surface area contributed by atoms with Gasteiger partial charge in [-0.3, -0.25) is 0 Å². The molecular formula is C12H13IO4. The van der Waals surface area contributed by atoms with Crippen molar-refractivity contribution in [1.82, 2.24) is 0 Å². The van der Waals surface area contributed by atoms with Gasteiger partial charge in [0, 0.05) is 0 Å². The molecule has 4 nitrogen and oxygen atoms in total. The molecule has 1 aliphatic rings. The number of aliphatic hydroxyl groups is 1. The average Bonchev–Trinajstić information content (AvgIpc) is 2.57. The summed E-state index contributed by atoms with van der Waals surface area (Å²) in [6, 6.07) is 9.75. The summed E-state index contributed by atoms with van der Waals surface area (Å²) < 4.78 is 8.85. The van der Waals surface area contributed by atoms with Crippen LogP contribution in [-0.4, -0.2) is 27.9 Å². The van der Waals surface area contributed by atoms with E-state index in [1.807, 2.05) is 30.3 Å². The first-order chi connectivity index (χ1) is 8.10. The van der Waals surface area contributed by atoms with Gasteiger partial charge in [0.15, 0.2) is 0 Å². The van der Waals surface area contributed by atoms with Crippen LogP contribution in [0, 0.1) is 5.92 Å². The van der Waals surface area contributed by atoms with Crippen LogP contribution < -0.4 is 0 Å². The zero-order chi connectivity index (χ0) is 12.3. The molecule has 1 aliphatic heterocycles. The molecule has 0 aliphatic carbocycles. The fourth-order valence-electron chi connectivity index (χ4n) is 1.61. The van der Waals surface area contributed by atoms with Gasteiger partial charge in [0.25, 0.3) is 0 Å². The number of esters is 1. The third-order valence-electron chi connectivity index (χ3n) is 2.67. The molecule has 92 valence electrons. The highest BCUT2D eigenvalue weighted by atomic mass is 127. The van der Waals surface area contributed by atoms with Crippen molar-refractivity contribution in [2.45, 2.75) is 10.2 Å². The van der Waals surface area contributed by atoms with E-state index in [1.54, 1.807) is 22.6 Å². The standard InChI is InChI=1S/C12H13IO4/c13-12(15)10(8-17-11(12)14)7-16-6-9-4-2-1-3-5-9/h1-5,10,15H,6-8H2/t10-,12+/m1/s1. The van der Waals surface area contributed by atoms with Crippen LogP contribution in [0.25, 0.3) is 0 Å². The maximum atomic E-state index is 11.2. The van der Waals surface area contributed by atoms with Crippen molar-refractivity contribution in [3.05, 3.63) is 35.9 Å². The maximum absolute atomic E-state index is 11.2. The van der Waals surface area contributed by atoms with E-state index in [0.29, 0.717) is 13.2 Å². The van der Waals surface area contributed by atoms with Gasteiger partial charge in [-0.1, -0.05) is 30.3 Å². The predicted molar refractivity (Wildman–Crippen MR) is 69.5 cm³/mol. The van der Waals surface area contributed by atoms with Crippen molar-refractivity contribution in [2.24, 2.45) is 5.92 Å². The molecule has 0 unspecified atom stereocenters. The lowest BCUT2D eigenvalue weighted by Gasteiger charge is -2.18. The minimum atomic E-state index is -1.45. The number of halogens is 1. The number of hydrogen-bond acceptors (Lipinski definition) is 4. The highest BCUT2D eigenvalue weighted by Gasteiger charge is 2.49. The Morgan fingerprint density at radius 2 is 2.18 bits per heavy atom. The Labute approximate surface area is 113 Å². The van der Waals surface area contributed by atoms with Crippen LogP contribution in [0.1, 0.15) is 5.56 Å².